The summed E-state index contributed by atoms with van der Waals surface area (Å²) in [5.41, 5.74) is 3.22. The molecule has 1 aliphatic heterocycles. The number of carbonyl (C=O) groups is 2. The molecule has 31 heavy (non-hydrogen) atoms. The Morgan fingerprint density at radius 3 is 2.42 bits per heavy atom. The Morgan fingerprint density at radius 1 is 0.968 bits per heavy atom. The van der Waals surface area contributed by atoms with Crippen LogP contribution in [-0.4, -0.2) is 68.7 Å². The fourth-order valence-corrected chi connectivity index (χ4v) is 3.66. The van der Waals surface area contributed by atoms with E-state index in [9.17, 15) is 9.59 Å². The molecule has 0 saturated carbocycles. The Balaban J connectivity index is 1.42. The minimum absolute atomic E-state index is 0.0325. The quantitative estimate of drug-likeness (QED) is 0.604. The van der Waals surface area contributed by atoms with E-state index >= 15 is 0 Å². The summed E-state index contributed by atoms with van der Waals surface area (Å²) in [6, 6.07) is 13.7. The molecule has 3 rings (SSSR count). The predicted octanol–water partition coefficient (Wildman–Crippen LogP) is 2.44. The summed E-state index contributed by atoms with van der Waals surface area (Å²) in [5.74, 6) is 0.568. The monoisotopic (exact) mass is 426 g/mol. The van der Waals surface area contributed by atoms with Gasteiger partial charge in [0.25, 0.3) is 5.91 Å². The molecule has 0 atom stereocenters. The lowest BCUT2D eigenvalue weighted by Gasteiger charge is -2.34. The van der Waals surface area contributed by atoms with E-state index in [-0.39, 0.29) is 18.9 Å². The summed E-state index contributed by atoms with van der Waals surface area (Å²) in [6.45, 7) is 5.60. The van der Waals surface area contributed by atoms with Crippen molar-refractivity contribution in [2.45, 2.75) is 19.9 Å². The maximum atomic E-state index is 12.5. The largest absolute Gasteiger partial charge is 0.497 e. The number of hydrogen-bond donors (Lipinski definition) is 0. The molecule has 1 heterocycles. The zero-order chi connectivity index (χ0) is 22.2. The summed E-state index contributed by atoms with van der Waals surface area (Å²) in [7, 11) is 3.10. The third kappa shape index (κ3) is 6.46. The van der Waals surface area contributed by atoms with E-state index in [1.165, 1.54) is 18.2 Å². The van der Waals surface area contributed by atoms with Gasteiger partial charge in [-0.25, -0.2) is 0 Å². The summed E-state index contributed by atoms with van der Waals surface area (Å²) in [5, 5.41) is 0. The van der Waals surface area contributed by atoms with Gasteiger partial charge in [0, 0.05) is 44.4 Å². The predicted molar refractivity (Wildman–Crippen MR) is 117 cm³/mol. The Kier molecular flexibility index (Phi) is 7.89. The van der Waals surface area contributed by atoms with Gasteiger partial charge in [-0.05, 0) is 18.6 Å². The van der Waals surface area contributed by atoms with Crippen LogP contribution in [0.3, 0.4) is 0 Å². The molecule has 0 aromatic heterocycles. The molecule has 2 aromatic carbocycles. The Labute approximate surface area is 183 Å². The molecule has 0 bridgehead atoms. The van der Waals surface area contributed by atoms with Gasteiger partial charge in [-0.15, -0.1) is 0 Å². The fourth-order valence-electron chi connectivity index (χ4n) is 3.66. The van der Waals surface area contributed by atoms with Crippen molar-refractivity contribution in [1.82, 2.24) is 9.80 Å². The zero-order valence-corrected chi connectivity index (χ0v) is 18.4. The van der Waals surface area contributed by atoms with Gasteiger partial charge in [-0.3, -0.25) is 14.5 Å². The molecular formula is C24H30N2O5. The summed E-state index contributed by atoms with van der Waals surface area (Å²) in [6.07, 6.45) is 0.0325. The zero-order valence-electron chi connectivity index (χ0n) is 18.4. The molecule has 1 amide bonds. The Morgan fingerprint density at radius 2 is 1.74 bits per heavy atom. The first kappa shape index (κ1) is 22.6. The van der Waals surface area contributed by atoms with Gasteiger partial charge in [-0.1, -0.05) is 35.9 Å². The number of aryl methyl sites for hydroxylation is 1. The first-order chi connectivity index (χ1) is 15.0. The molecule has 0 radical (unpaired) electrons. The van der Waals surface area contributed by atoms with Gasteiger partial charge in [0.2, 0.25) is 0 Å². The van der Waals surface area contributed by atoms with Crippen LogP contribution < -0.4 is 9.47 Å². The van der Waals surface area contributed by atoms with Crippen LogP contribution in [0.2, 0.25) is 0 Å². The van der Waals surface area contributed by atoms with E-state index in [2.05, 4.69) is 36.1 Å². The standard InChI is InChI=1S/C24H30N2O5/c1-18-5-4-6-19(13-18)16-25-9-11-26(12-10-25)23(27)17-31-24(28)14-20-7-8-21(29-2)15-22(20)30-3/h4-8,13,15H,9-12,14,16-17H2,1-3H3. The number of hydrogen-bond acceptors (Lipinski definition) is 6. The molecule has 7 heteroatoms. The normalized spacial score (nSPS) is 14.2. The van der Waals surface area contributed by atoms with Crippen LogP contribution in [-0.2, 0) is 27.3 Å². The highest BCUT2D eigenvalue weighted by atomic mass is 16.5. The van der Waals surface area contributed by atoms with E-state index < -0.39 is 5.97 Å². The molecule has 0 N–H and O–H groups in total. The second-order valence-electron chi connectivity index (χ2n) is 7.66. The number of methoxy groups -OCH3 is 2. The molecule has 7 nitrogen and oxygen atoms in total. The Bertz CT molecular complexity index is 907. The van der Waals surface area contributed by atoms with Crippen molar-refractivity contribution in [3.8, 4) is 11.5 Å². The molecule has 0 aliphatic carbocycles. The molecular weight excluding hydrogens is 396 g/mol. The number of piperazine rings is 1. The topological polar surface area (TPSA) is 68.3 Å². The van der Waals surface area contributed by atoms with Crippen LogP contribution in [0.25, 0.3) is 0 Å². The molecule has 1 aliphatic rings. The number of carbonyl (C=O) groups excluding carboxylic acids is 2. The van der Waals surface area contributed by atoms with Crippen LogP contribution >= 0.6 is 0 Å². The van der Waals surface area contributed by atoms with Gasteiger partial charge < -0.3 is 19.1 Å². The highest BCUT2D eigenvalue weighted by Crippen LogP contribution is 2.25. The number of esters is 1. The molecule has 0 spiro atoms. The number of rotatable bonds is 8. The van der Waals surface area contributed by atoms with E-state index in [1.807, 2.05) is 0 Å². The van der Waals surface area contributed by atoms with E-state index in [0.29, 0.717) is 30.2 Å². The van der Waals surface area contributed by atoms with Crippen molar-refractivity contribution in [3.63, 3.8) is 0 Å². The minimum atomic E-state index is -0.463. The van der Waals surface area contributed by atoms with Gasteiger partial charge >= 0.3 is 5.97 Å². The number of amides is 1. The van der Waals surface area contributed by atoms with Crippen LogP contribution in [0.5, 0.6) is 11.5 Å². The third-order valence-electron chi connectivity index (χ3n) is 5.40. The summed E-state index contributed by atoms with van der Waals surface area (Å²) in [4.78, 5) is 28.8. The van der Waals surface area contributed by atoms with Crippen molar-refractivity contribution in [2.24, 2.45) is 0 Å². The number of benzene rings is 2. The minimum Gasteiger partial charge on any atom is -0.497 e. The average Bonchev–Trinajstić information content (AvgIpc) is 2.78. The maximum absolute atomic E-state index is 12.5. The fraction of sp³-hybridized carbons (Fsp3) is 0.417. The SMILES string of the molecule is COc1ccc(CC(=O)OCC(=O)N2CCN(Cc3cccc(C)c3)CC2)c(OC)c1. The van der Waals surface area contributed by atoms with Crippen molar-refractivity contribution in [1.29, 1.82) is 0 Å². The van der Waals surface area contributed by atoms with E-state index in [0.717, 1.165) is 19.6 Å². The lowest BCUT2D eigenvalue weighted by molar-refractivity contribution is -0.152. The van der Waals surface area contributed by atoms with Crippen molar-refractivity contribution < 1.29 is 23.8 Å². The van der Waals surface area contributed by atoms with Crippen LogP contribution in [0, 0.1) is 6.92 Å². The highest BCUT2D eigenvalue weighted by Gasteiger charge is 2.22. The molecule has 166 valence electrons. The lowest BCUT2D eigenvalue weighted by Crippen LogP contribution is -2.49. The van der Waals surface area contributed by atoms with Gasteiger partial charge in [0.05, 0.1) is 20.6 Å². The van der Waals surface area contributed by atoms with E-state index in [4.69, 9.17) is 14.2 Å². The van der Waals surface area contributed by atoms with Gasteiger partial charge in [0.15, 0.2) is 6.61 Å². The van der Waals surface area contributed by atoms with Crippen LogP contribution in [0.4, 0.5) is 0 Å². The molecule has 1 fully saturated rings. The highest BCUT2D eigenvalue weighted by molar-refractivity contribution is 5.81. The molecule has 1 saturated heterocycles. The third-order valence-corrected chi connectivity index (χ3v) is 5.40. The average molecular weight is 427 g/mol. The van der Waals surface area contributed by atoms with Crippen LogP contribution in [0.1, 0.15) is 16.7 Å². The number of ether oxygens (including phenoxy) is 3. The lowest BCUT2D eigenvalue weighted by atomic mass is 10.1. The summed E-state index contributed by atoms with van der Waals surface area (Å²) < 4.78 is 15.7. The van der Waals surface area contributed by atoms with Crippen molar-refractivity contribution >= 4 is 11.9 Å². The first-order valence-electron chi connectivity index (χ1n) is 10.4. The van der Waals surface area contributed by atoms with Gasteiger partial charge in [-0.2, -0.15) is 0 Å². The smallest absolute Gasteiger partial charge is 0.310 e. The molecule has 2 aromatic rings. The van der Waals surface area contributed by atoms with Crippen molar-refractivity contribution in [2.75, 3.05) is 47.0 Å². The first-order valence-corrected chi connectivity index (χ1v) is 10.4. The second-order valence-corrected chi connectivity index (χ2v) is 7.66. The Hall–Kier alpha value is -3.06. The second kappa shape index (κ2) is 10.8. The number of nitrogens with zero attached hydrogens (tertiary/aromatic N) is 2. The maximum Gasteiger partial charge on any atom is 0.310 e. The summed E-state index contributed by atoms with van der Waals surface area (Å²) >= 11 is 0. The van der Waals surface area contributed by atoms with E-state index in [1.54, 1.807) is 30.2 Å². The molecule has 0 unspecified atom stereocenters. The van der Waals surface area contributed by atoms with Gasteiger partial charge in [0.1, 0.15) is 11.5 Å². The van der Waals surface area contributed by atoms with Crippen molar-refractivity contribution in [3.05, 3.63) is 59.2 Å². The van der Waals surface area contributed by atoms with Crippen LogP contribution in [0.15, 0.2) is 42.5 Å².